The van der Waals surface area contributed by atoms with E-state index in [4.69, 9.17) is 0 Å². The third kappa shape index (κ3) is 2.47. The average molecular weight is 199 g/mol. The summed E-state index contributed by atoms with van der Waals surface area (Å²) in [5.41, 5.74) is 0. The maximum atomic E-state index is 11.5. The topological polar surface area (TPSA) is 40.5 Å². The molecule has 0 saturated carbocycles. The van der Waals surface area contributed by atoms with Gasteiger partial charge in [0.25, 0.3) is 5.91 Å². The van der Waals surface area contributed by atoms with Gasteiger partial charge in [-0.3, -0.25) is 4.79 Å². The second-order valence-electron chi connectivity index (χ2n) is 4.39. The molecule has 1 amide bonds. The molecule has 3 atom stereocenters. The number of hydrogen-bond donors (Lipinski definition) is 1. The van der Waals surface area contributed by atoms with Crippen molar-refractivity contribution in [3.8, 4) is 0 Å². The van der Waals surface area contributed by atoms with Crippen LogP contribution in [0.1, 0.15) is 33.6 Å². The molecule has 1 N–H and O–H groups in total. The van der Waals surface area contributed by atoms with Gasteiger partial charge in [0, 0.05) is 13.1 Å². The zero-order chi connectivity index (χ0) is 10.7. The molecule has 3 heteroatoms. The van der Waals surface area contributed by atoms with Crippen LogP contribution in [0.15, 0.2) is 0 Å². The van der Waals surface area contributed by atoms with Crippen molar-refractivity contribution < 1.29 is 9.90 Å². The minimum atomic E-state index is -0.846. The van der Waals surface area contributed by atoms with Crippen LogP contribution >= 0.6 is 0 Å². The van der Waals surface area contributed by atoms with E-state index in [2.05, 4.69) is 13.8 Å². The maximum Gasteiger partial charge on any atom is 0.251 e. The van der Waals surface area contributed by atoms with Crippen LogP contribution in [0.4, 0.5) is 0 Å². The lowest BCUT2D eigenvalue weighted by molar-refractivity contribution is -0.141. The van der Waals surface area contributed by atoms with Gasteiger partial charge in [-0.05, 0) is 25.2 Å². The van der Waals surface area contributed by atoms with Crippen molar-refractivity contribution in [3.63, 3.8) is 0 Å². The molecular weight excluding hydrogens is 178 g/mol. The molecule has 0 unspecified atom stereocenters. The molecule has 0 aliphatic carbocycles. The van der Waals surface area contributed by atoms with Crippen LogP contribution in [0, 0.1) is 11.8 Å². The van der Waals surface area contributed by atoms with E-state index >= 15 is 0 Å². The third-order valence-corrected chi connectivity index (χ3v) is 3.31. The van der Waals surface area contributed by atoms with Gasteiger partial charge in [0.05, 0.1) is 0 Å². The van der Waals surface area contributed by atoms with Crippen LogP contribution in [0.5, 0.6) is 0 Å². The standard InChI is InChI=1S/C11H21NO2/c1-4-10-7-12(6-5-8(10)2)11(14)9(3)13/h8-10,13H,4-7H2,1-3H3/t8-,9+,10-/m1/s1. The first kappa shape index (κ1) is 11.5. The molecule has 0 aromatic heterocycles. The molecule has 82 valence electrons. The monoisotopic (exact) mass is 199 g/mol. The summed E-state index contributed by atoms with van der Waals surface area (Å²) in [7, 11) is 0. The van der Waals surface area contributed by atoms with Gasteiger partial charge < -0.3 is 10.0 Å². The van der Waals surface area contributed by atoms with Crippen molar-refractivity contribution in [3.05, 3.63) is 0 Å². The van der Waals surface area contributed by atoms with Crippen molar-refractivity contribution in [1.82, 2.24) is 4.90 Å². The van der Waals surface area contributed by atoms with E-state index in [1.165, 1.54) is 0 Å². The molecule has 3 nitrogen and oxygen atoms in total. The number of nitrogens with zero attached hydrogens (tertiary/aromatic N) is 1. The molecule has 1 saturated heterocycles. The van der Waals surface area contributed by atoms with E-state index in [9.17, 15) is 9.90 Å². The number of rotatable bonds is 2. The first-order valence-corrected chi connectivity index (χ1v) is 5.53. The van der Waals surface area contributed by atoms with E-state index in [0.717, 1.165) is 25.9 Å². The Morgan fingerprint density at radius 3 is 2.79 bits per heavy atom. The summed E-state index contributed by atoms with van der Waals surface area (Å²) < 4.78 is 0. The summed E-state index contributed by atoms with van der Waals surface area (Å²) in [6.45, 7) is 7.58. The number of likely N-dealkylation sites (tertiary alicyclic amines) is 1. The van der Waals surface area contributed by atoms with Gasteiger partial charge in [0.15, 0.2) is 0 Å². The molecule has 1 rings (SSSR count). The van der Waals surface area contributed by atoms with Gasteiger partial charge in [-0.25, -0.2) is 0 Å². The minimum Gasteiger partial charge on any atom is -0.384 e. The number of hydrogen-bond acceptors (Lipinski definition) is 2. The van der Waals surface area contributed by atoms with E-state index in [-0.39, 0.29) is 5.91 Å². The quantitative estimate of drug-likeness (QED) is 0.727. The first-order valence-electron chi connectivity index (χ1n) is 5.53. The largest absolute Gasteiger partial charge is 0.384 e. The number of aliphatic hydroxyl groups excluding tert-OH is 1. The summed E-state index contributed by atoms with van der Waals surface area (Å²) in [5, 5.41) is 9.21. The fourth-order valence-corrected chi connectivity index (χ4v) is 2.15. The maximum absolute atomic E-state index is 11.5. The van der Waals surface area contributed by atoms with Crippen LogP contribution in [0.2, 0.25) is 0 Å². The number of carbonyl (C=O) groups excluding carboxylic acids is 1. The molecule has 0 aromatic rings. The fourth-order valence-electron chi connectivity index (χ4n) is 2.15. The van der Waals surface area contributed by atoms with Gasteiger partial charge in [0.2, 0.25) is 0 Å². The smallest absolute Gasteiger partial charge is 0.251 e. The number of amides is 1. The summed E-state index contributed by atoms with van der Waals surface area (Å²) in [5.74, 6) is 1.19. The van der Waals surface area contributed by atoms with Gasteiger partial charge >= 0.3 is 0 Å². The second kappa shape index (κ2) is 4.78. The SMILES string of the molecule is CC[C@@H]1CN(C(=O)[C@H](C)O)CC[C@H]1C. The zero-order valence-electron chi connectivity index (χ0n) is 9.36. The summed E-state index contributed by atoms with van der Waals surface area (Å²) >= 11 is 0. The summed E-state index contributed by atoms with van der Waals surface area (Å²) in [6, 6.07) is 0. The highest BCUT2D eigenvalue weighted by Crippen LogP contribution is 2.25. The second-order valence-corrected chi connectivity index (χ2v) is 4.39. The lowest BCUT2D eigenvalue weighted by Gasteiger charge is -2.37. The van der Waals surface area contributed by atoms with E-state index in [0.29, 0.717) is 11.8 Å². The molecule has 0 bridgehead atoms. The number of piperidine rings is 1. The number of aliphatic hydroxyl groups is 1. The molecular formula is C11H21NO2. The summed E-state index contributed by atoms with van der Waals surface area (Å²) in [4.78, 5) is 13.3. The van der Waals surface area contributed by atoms with Gasteiger partial charge in [-0.2, -0.15) is 0 Å². The fraction of sp³-hybridized carbons (Fsp3) is 0.909. The Morgan fingerprint density at radius 1 is 1.64 bits per heavy atom. The van der Waals surface area contributed by atoms with Gasteiger partial charge in [-0.15, -0.1) is 0 Å². The van der Waals surface area contributed by atoms with Crippen LogP contribution in [0.3, 0.4) is 0 Å². The Labute approximate surface area is 86.1 Å². The highest BCUT2D eigenvalue weighted by molar-refractivity contribution is 5.80. The molecule has 1 aliphatic heterocycles. The lowest BCUT2D eigenvalue weighted by Crippen LogP contribution is -2.46. The van der Waals surface area contributed by atoms with Crippen molar-refractivity contribution in [1.29, 1.82) is 0 Å². The predicted octanol–water partition coefficient (Wildman–Crippen LogP) is 1.26. The van der Waals surface area contributed by atoms with Gasteiger partial charge in [-0.1, -0.05) is 20.3 Å². The normalized spacial score (nSPS) is 30.1. The Bertz CT molecular complexity index is 203. The molecule has 1 heterocycles. The lowest BCUT2D eigenvalue weighted by atomic mass is 9.85. The highest BCUT2D eigenvalue weighted by Gasteiger charge is 2.28. The predicted molar refractivity (Wildman–Crippen MR) is 55.8 cm³/mol. The van der Waals surface area contributed by atoms with Crippen molar-refractivity contribution >= 4 is 5.91 Å². The Morgan fingerprint density at radius 2 is 2.29 bits per heavy atom. The van der Waals surface area contributed by atoms with E-state index in [1.807, 2.05) is 0 Å². The van der Waals surface area contributed by atoms with E-state index < -0.39 is 6.10 Å². The highest BCUT2D eigenvalue weighted by atomic mass is 16.3. The third-order valence-electron chi connectivity index (χ3n) is 3.31. The Hall–Kier alpha value is -0.570. The van der Waals surface area contributed by atoms with Gasteiger partial charge in [0.1, 0.15) is 6.10 Å². The van der Waals surface area contributed by atoms with Crippen LogP contribution in [-0.2, 0) is 4.79 Å². The zero-order valence-corrected chi connectivity index (χ0v) is 9.36. The minimum absolute atomic E-state index is 0.115. The first-order chi connectivity index (χ1) is 6.56. The molecule has 1 fully saturated rings. The molecule has 0 aromatic carbocycles. The molecule has 0 radical (unpaired) electrons. The number of carbonyl (C=O) groups is 1. The molecule has 14 heavy (non-hydrogen) atoms. The van der Waals surface area contributed by atoms with Crippen LogP contribution in [-0.4, -0.2) is 35.1 Å². The molecule has 0 spiro atoms. The Balaban J connectivity index is 2.54. The van der Waals surface area contributed by atoms with Crippen molar-refractivity contribution in [2.45, 2.75) is 39.7 Å². The van der Waals surface area contributed by atoms with Crippen LogP contribution in [0.25, 0.3) is 0 Å². The van der Waals surface area contributed by atoms with E-state index in [1.54, 1.807) is 11.8 Å². The van der Waals surface area contributed by atoms with Crippen molar-refractivity contribution in [2.24, 2.45) is 11.8 Å². The van der Waals surface area contributed by atoms with Crippen LogP contribution < -0.4 is 0 Å². The van der Waals surface area contributed by atoms with Crippen molar-refractivity contribution in [2.75, 3.05) is 13.1 Å². The molecule has 1 aliphatic rings. The average Bonchev–Trinajstić information content (AvgIpc) is 2.17. The Kier molecular flexibility index (Phi) is 3.93. The summed E-state index contributed by atoms with van der Waals surface area (Å²) in [6.07, 6.45) is 1.34.